The number of para-hydroxylation sites is 1. The van der Waals surface area contributed by atoms with E-state index >= 15 is 0 Å². The molecule has 0 unspecified atom stereocenters. The Labute approximate surface area is 93.3 Å². The van der Waals surface area contributed by atoms with Crippen LogP contribution in [0.15, 0.2) is 35.7 Å². The molecule has 0 fully saturated rings. The summed E-state index contributed by atoms with van der Waals surface area (Å²) in [4.78, 5) is 1.21. The molecule has 15 heavy (non-hydrogen) atoms. The van der Waals surface area contributed by atoms with E-state index in [4.69, 9.17) is 10.5 Å². The number of ether oxygens (including phenoxy) is 1. The third kappa shape index (κ3) is 2.30. The summed E-state index contributed by atoms with van der Waals surface area (Å²) < 4.78 is 5.70. The molecule has 2 nitrogen and oxygen atoms in total. The number of nitrogen functional groups attached to an aromatic ring is 1. The molecule has 0 atom stereocenters. The molecule has 0 aliphatic carbocycles. The van der Waals surface area contributed by atoms with Crippen molar-refractivity contribution in [2.45, 2.75) is 13.5 Å². The van der Waals surface area contributed by atoms with Gasteiger partial charge in [-0.05, 0) is 30.0 Å². The summed E-state index contributed by atoms with van der Waals surface area (Å²) in [6.45, 7) is 2.59. The smallest absolute Gasteiger partial charge is 0.145 e. The van der Waals surface area contributed by atoms with Gasteiger partial charge >= 0.3 is 0 Å². The Morgan fingerprint density at radius 3 is 2.80 bits per heavy atom. The molecule has 2 rings (SSSR count). The molecule has 0 radical (unpaired) electrons. The van der Waals surface area contributed by atoms with Crippen LogP contribution in [0, 0.1) is 6.92 Å². The molecular weight excluding hydrogens is 206 g/mol. The summed E-state index contributed by atoms with van der Waals surface area (Å²) in [5.74, 6) is 0.797. The summed E-state index contributed by atoms with van der Waals surface area (Å²) in [6, 6.07) is 9.86. The second-order valence-electron chi connectivity index (χ2n) is 3.36. The molecule has 1 aromatic heterocycles. The zero-order valence-electron chi connectivity index (χ0n) is 8.57. The number of anilines is 1. The number of aryl methyl sites for hydroxylation is 1. The van der Waals surface area contributed by atoms with Crippen molar-refractivity contribution in [3.63, 3.8) is 0 Å². The maximum absolute atomic E-state index is 5.84. The highest BCUT2D eigenvalue weighted by Crippen LogP contribution is 2.26. The Morgan fingerprint density at radius 1 is 1.27 bits per heavy atom. The van der Waals surface area contributed by atoms with Crippen molar-refractivity contribution in [3.05, 3.63) is 46.2 Å². The predicted octanol–water partition coefficient (Wildman–Crippen LogP) is 3.22. The van der Waals surface area contributed by atoms with E-state index in [9.17, 15) is 0 Å². The lowest BCUT2D eigenvalue weighted by Gasteiger charge is -2.10. The highest BCUT2D eigenvalue weighted by atomic mass is 32.1. The Kier molecular flexibility index (Phi) is 2.92. The first-order valence-corrected chi connectivity index (χ1v) is 5.65. The van der Waals surface area contributed by atoms with Gasteiger partial charge in [0.1, 0.15) is 12.4 Å². The van der Waals surface area contributed by atoms with Gasteiger partial charge in [0.25, 0.3) is 0 Å². The summed E-state index contributed by atoms with van der Waals surface area (Å²) in [6.07, 6.45) is 0. The Morgan fingerprint density at radius 2 is 2.13 bits per heavy atom. The molecule has 0 aliphatic rings. The van der Waals surface area contributed by atoms with Crippen molar-refractivity contribution in [3.8, 4) is 5.75 Å². The molecule has 0 bridgehead atoms. The fourth-order valence-corrected chi connectivity index (χ4v) is 2.03. The van der Waals surface area contributed by atoms with E-state index in [0.29, 0.717) is 12.3 Å². The van der Waals surface area contributed by atoms with Crippen LogP contribution < -0.4 is 10.5 Å². The lowest BCUT2D eigenvalue weighted by atomic mass is 10.2. The van der Waals surface area contributed by atoms with Crippen LogP contribution in [0.4, 0.5) is 5.69 Å². The maximum Gasteiger partial charge on any atom is 0.145 e. The van der Waals surface area contributed by atoms with Gasteiger partial charge in [0.2, 0.25) is 0 Å². The first-order chi connectivity index (χ1) is 7.27. The van der Waals surface area contributed by atoms with Gasteiger partial charge in [-0.2, -0.15) is 0 Å². The minimum Gasteiger partial charge on any atom is -0.486 e. The Balaban J connectivity index is 2.11. The third-order valence-corrected chi connectivity index (χ3v) is 3.03. The Hall–Kier alpha value is -1.48. The lowest BCUT2D eigenvalue weighted by Crippen LogP contribution is -1.99. The quantitative estimate of drug-likeness (QED) is 0.804. The van der Waals surface area contributed by atoms with E-state index in [2.05, 4.69) is 6.07 Å². The highest BCUT2D eigenvalue weighted by molar-refractivity contribution is 7.09. The van der Waals surface area contributed by atoms with E-state index in [0.717, 1.165) is 11.3 Å². The van der Waals surface area contributed by atoms with Crippen LogP contribution in [0.2, 0.25) is 0 Å². The molecule has 1 heterocycles. The summed E-state index contributed by atoms with van der Waals surface area (Å²) >= 11 is 1.69. The zero-order chi connectivity index (χ0) is 10.7. The molecule has 3 heteroatoms. The first-order valence-electron chi connectivity index (χ1n) is 4.77. The fraction of sp³-hybridized carbons (Fsp3) is 0.167. The minimum atomic E-state index is 0.590. The van der Waals surface area contributed by atoms with Gasteiger partial charge in [0.05, 0.1) is 5.69 Å². The molecule has 2 aromatic rings. The molecule has 0 amide bonds. The average Bonchev–Trinajstić information content (AvgIpc) is 2.70. The van der Waals surface area contributed by atoms with Crippen molar-refractivity contribution in [1.82, 2.24) is 0 Å². The summed E-state index contributed by atoms with van der Waals surface area (Å²) in [7, 11) is 0. The van der Waals surface area contributed by atoms with Gasteiger partial charge in [-0.3, -0.25) is 0 Å². The summed E-state index contributed by atoms with van der Waals surface area (Å²) in [5.41, 5.74) is 7.62. The van der Waals surface area contributed by atoms with Crippen LogP contribution in [-0.2, 0) is 6.61 Å². The summed E-state index contributed by atoms with van der Waals surface area (Å²) in [5, 5.41) is 2.04. The van der Waals surface area contributed by atoms with Gasteiger partial charge in [-0.15, -0.1) is 11.3 Å². The molecule has 0 saturated heterocycles. The fourth-order valence-electron chi connectivity index (χ4n) is 1.41. The van der Waals surface area contributed by atoms with Crippen LogP contribution in [0.25, 0.3) is 0 Å². The first kappa shape index (κ1) is 10.1. The van der Waals surface area contributed by atoms with Gasteiger partial charge in [-0.25, -0.2) is 0 Å². The standard InChI is InChI=1S/C12H13NOS/c1-9-4-2-6-11(13)12(9)14-8-10-5-3-7-15-10/h2-7H,8,13H2,1H3. The normalized spacial score (nSPS) is 10.2. The van der Waals surface area contributed by atoms with E-state index in [1.807, 2.05) is 36.6 Å². The van der Waals surface area contributed by atoms with Crippen LogP contribution in [0.5, 0.6) is 5.75 Å². The van der Waals surface area contributed by atoms with Gasteiger partial charge in [0, 0.05) is 4.88 Å². The van der Waals surface area contributed by atoms with E-state index in [1.54, 1.807) is 11.3 Å². The van der Waals surface area contributed by atoms with Gasteiger partial charge < -0.3 is 10.5 Å². The third-order valence-electron chi connectivity index (χ3n) is 2.18. The predicted molar refractivity (Wildman–Crippen MR) is 64.2 cm³/mol. The topological polar surface area (TPSA) is 35.2 Å². The van der Waals surface area contributed by atoms with E-state index in [1.165, 1.54) is 4.88 Å². The number of thiophene rings is 1. The van der Waals surface area contributed by atoms with Gasteiger partial charge in [-0.1, -0.05) is 18.2 Å². The van der Waals surface area contributed by atoms with Crippen molar-refractivity contribution in [2.24, 2.45) is 0 Å². The number of rotatable bonds is 3. The van der Waals surface area contributed by atoms with Gasteiger partial charge in [0.15, 0.2) is 0 Å². The molecule has 78 valence electrons. The molecule has 0 aliphatic heterocycles. The maximum atomic E-state index is 5.84. The number of hydrogen-bond donors (Lipinski definition) is 1. The SMILES string of the molecule is Cc1cccc(N)c1OCc1cccs1. The van der Waals surface area contributed by atoms with E-state index < -0.39 is 0 Å². The van der Waals surface area contributed by atoms with Crippen molar-refractivity contribution < 1.29 is 4.74 Å². The Bertz CT molecular complexity index is 417. The van der Waals surface area contributed by atoms with Crippen LogP contribution >= 0.6 is 11.3 Å². The van der Waals surface area contributed by atoms with Crippen LogP contribution in [-0.4, -0.2) is 0 Å². The molecule has 2 N–H and O–H groups in total. The number of hydrogen-bond acceptors (Lipinski definition) is 3. The number of benzene rings is 1. The van der Waals surface area contributed by atoms with Crippen molar-refractivity contribution in [2.75, 3.05) is 5.73 Å². The second-order valence-corrected chi connectivity index (χ2v) is 4.39. The van der Waals surface area contributed by atoms with E-state index in [-0.39, 0.29) is 0 Å². The number of nitrogens with two attached hydrogens (primary N) is 1. The monoisotopic (exact) mass is 219 g/mol. The second kappa shape index (κ2) is 4.36. The zero-order valence-corrected chi connectivity index (χ0v) is 9.38. The van der Waals surface area contributed by atoms with Crippen LogP contribution in [0.3, 0.4) is 0 Å². The lowest BCUT2D eigenvalue weighted by molar-refractivity contribution is 0.309. The van der Waals surface area contributed by atoms with Crippen molar-refractivity contribution >= 4 is 17.0 Å². The largest absolute Gasteiger partial charge is 0.486 e. The highest BCUT2D eigenvalue weighted by Gasteiger charge is 2.04. The van der Waals surface area contributed by atoms with Crippen molar-refractivity contribution in [1.29, 1.82) is 0 Å². The van der Waals surface area contributed by atoms with Crippen LogP contribution in [0.1, 0.15) is 10.4 Å². The molecule has 0 spiro atoms. The molecule has 0 saturated carbocycles. The average molecular weight is 219 g/mol. The minimum absolute atomic E-state index is 0.590. The molecule has 1 aromatic carbocycles. The molecular formula is C12H13NOS.